The first-order chi connectivity index (χ1) is 7.79. The molecule has 0 radical (unpaired) electrons. The number of rotatable bonds is 4. The number of unbranched alkanes of at least 4 members (excludes halogenated alkanes) is 1. The Morgan fingerprint density at radius 2 is 2.00 bits per heavy atom. The van der Waals surface area contributed by atoms with Gasteiger partial charge in [-0.05, 0) is 38.1 Å². The highest BCUT2D eigenvalue weighted by Gasteiger charge is 2.30. The number of nitrogens with zero attached hydrogens (tertiary/aromatic N) is 1. The summed E-state index contributed by atoms with van der Waals surface area (Å²) in [7, 11) is 0. The predicted octanol–water partition coefficient (Wildman–Crippen LogP) is 3.01. The van der Waals surface area contributed by atoms with E-state index >= 15 is 0 Å². The first kappa shape index (κ1) is 12.1. The van der Waals surface area contributed by atoms with Crippen molar-refractivity contribution >= 4 is 5.78 Å². The van der Waals surface area contributed by atoms with Crippen molar-refractivity contribution in [2.24, 2.45) is 5.92 Å². The molecule has 1 unspecified atom stereocenters. The lowest BCUT2D eigenvalue weighted by Gasteiger charge is -2.30. The molecule has 0 amide bonds. The van der Waals surface area contributed by atoms with Gasteiger partial charge in [0, 0.05) is 25.4 Å². The van der Waals surface area contributed by atoms with Crippen molar-refractivity contribution in [1.82, 2.24) is 4.90 Å². The molecule has 1 aliphatic carbocycles. The molecule has 1 saturated carbocycles. The van der Waals surface area contributed by atoms with Gasteiger partial charge in [0.05, 0.1) is 0 Å². The molecular weight excluding hydrogens is 198 g/mol. The average molecular weight is 223 g/mol. The number of hydrogen-bond donors (Lipinski definition) is 0. The van der Waals surface area contributed by atoms with Crippen LogP contribution in [0.2, 0.25) is 0 Å². The van der Waals surface area contributed by atoms with Crippen molar-refractivity contribution in [1.29, 1.82) is 0 Å². The Morgan fingerprint density at radius 1 is 1.25 bits per heavy atom. The zero-order valence-corrected chi connectivity index (χ0v) is 10.6. The van der Waals surface area contributed by atoms with Crippen LogP contribution in [0.4, 0.5) is 0 Å². The van der Waals surface area contributed by atoms with E-state index in [4.69, 9.17) is 0 Å². The summed E-state index contributed by atoms with van der Waals surface area (Å²) in [5, 5.41) is 0. The molecule has 16 heavy (non-hydrogen) atoms. The second-order valence-corrected chi connectivity index (χ2v) is 5.56. The minimum atomic E-state index is 0.484. The van der Waals surface area contributed by atoms with E-state index in [0.29, 0.717) is 5.78 Å². The van der Waals surface area contributed by atoms with E-state index in [0.717, 1.165) is 37.6 Å². The quantitative estimate of drug-likeness (QED) is 0.730. The molecule has 0 spiro atoms. The van der Waals surface area contributed by atoms with Crippen LogP contribution in [-0.4, -0.2) is 29.8 Å². The Bertz CT molecular complexity index is 229. The summed E-state index contributed by atoms with van der Waals surface area (Å²) >= 11 is 0. The minimum Gasteiger partial charge on any atom is -0.300 e. The summed E-state index contributed by atoms with van der Waals surface area (Å²) in [6, 6.07) is 0.726. The molecule has 2 rings (SSSR count). The standard InChI is InChI=1S/C14H25NO/c1-2-3-4-12-9-10-15(11-12)13-5-7-14(16)8-6-13/h12-13H,2-11H2,1H3. The summed E-state index contributed by atoms with van der Waals surface area (Å²) < 4.78 is 0. The molecule has 0 N–H and O–H groups in total. The first-order valence-corrected chi connectivity index (χ1v) is 7.05. The zero-order valence-electron chi connectivity index (χ0n) is 10.6. The van der Waals surface area contributed by atoms with E-state index in [9.17, 15) is 4.79 Å². The number of hydrogen-bond acceptors (Lipinski definition) is 2. The maximum atomic E-state index is 11.2. The van der Waals surface area contributed by atoms with Gasteiger partial charge in [-0.3, -0.25) is 4.79 Å². The monoisotopic (exact) mass is 223 g/mol. The molecule has 1 atom stereocenters. The number of ketones is 1. The molecule has 0 bridgehead atoms. The molecular formula is C14H25NO. The van der Waals surface area contributed by atoms with Crippen molar-refractivity contribution in [3.8, 4) is 0 Å². The van der Waals surface area contributed by atoms with Gasteiger partial charge >= 0.3 is 0 Å². The van der Waals surface area contributed by atoms with Gasteiger partial charge in [-0.1, -0.05) is 19.8 Å². The third-order valence-corrected chi connectivity index (χ3v) is 4.31. The van der Waals surface area contributed by atoms with Crippen molar-refractivity contribution < 1.29 is 4.79 Å². The largest absolute Gasteiger partial charge is 0.300 e. The zero-order chi connectivity index (χ0) is 11.4. The second-order valence-electron chi connectivity index (χ2n) is 5.56. The van der Waals surface area contributed by atoms with Crippen LogP contribution in [-0.2, 0) is 4.79 Å². The fourth-order valence-electron chi connectivity index (χ4n) is 3.21. The van der Waals surface area contributed by atoms with Crippen LogP contribution in [0.15, 0.2) is 0 Å². The van der Waals surface area contributed by atoms with E-state index in [1.54, 1.807) is 0 Å². The highest BCUT2D eigenvalue weighted by molar-refractivity contribution is 5.79. The molecule has 1 aliphatic heterocycles. The van der Waals surface area contributed by atoms with Crippen LogP contribution in [0.25, 0.3) is 0 Å². The fraction of sp³-hybridized carbons (Fsp3) is 0.929. The molecule has 2 aliphatic rings. The molecule has 1 heterocycles. The lowest BCUT2D eigenvalue weighted by molar-refractivity contribution is -0.121. The van der Waals surface area contributed by atoms with Gasteiger partial charge in [-0.15, -0.1) is 0 Å². The average Bonchev–Trinajstić information content (AvgIpc) is 2.76. The van der Waals surface area contributed by atoms with Gasteiger partial charge in [0.2, 0.25) is 0 Å². The van der Waals surface area contributed by atoms with Crippen LogP contribution in [0.3, 0.4) is 0 Å². The maximum absolute atomic E-state index is 11.2. The van der Waals surface area contributed by atoms with Crippen LogP contribution in [0.1, 0.15) is 58.3 Å². The van der Waals surface area contributed by atoms with Crippen LogP contribution in [0, 0.1) is 5.92 Å². The fourth-order valence-corrected chi connectivity index (χ4v) is 3.21. The Hall–Kier alpha value is -0.370. The Kier molecular flexibility index (Phi) is 4.39. The van der Waals surface area contributed by atoms with E-state index in [2.05, 4.69) is 11.8 Å². The Morgan fingerprint density at radius 3 is 2.69 bits per heavy atom. The van der Waals surface area contributed by atoms with E-state index in [1.165, 1.54) is 38.8 Å². The third-order valence-electron chi connectivity index (χ3n) is 4.31. The summed E-state index contributed by atoms with van der Waals surface area (Å²) in [5.74, 6) is 1.43. The highest BCUT2D eigenvalue weighted by Crippen LogP contribution is 2.28. The molecule has 0 aromatic carbocycles. The van der Waals surface area contributed by atoms with Crippen molar-refractivity contribution in [2.45, 2.75) is 64.3 Å². The normalized spacial score (nSPS) is 28.8. The number of likely N-dealkylation sites (tertiary alicyclic amines) is 1. The maximum Gasteiger partial charge on any atom is 0.133 e. The predicted molar refractivity (Wildman–Crippen MR) is 66.5 cm³/mol. The van der Waals surface area contributed by atoms with Gasteiger partial charge in [0.15, 0.2) is 0 Å². The Balaban J connectivity index is 1.73. The van der Waals surface area contributed by atoms with Crippen molar-refractivity contribution in [2.75, 3.05) is 13.1 Å². The van der Waals surface area contributed by atoms with E-state index in [-0.39, 0.29) is 0 Å². The highest BCUT2D eigenvalue weighted by atomic mass is 16.1. The van der Waals surface area contributed by atoms with Crippen LogP contribution in [0.5, 0.6) is 0 Å². The number of carbonyl (C=O) groups is 1. The van der Waals surface area contributed by atoms with Gasteiger partial charge in [-0.25, -0.2) is 0 Å². The van der Waals surface area contributed by atoms with Gasteiger partial charge < -0.3 is 4.90 Å². The van der Waals surface area contributed by atoms with Crippen LogP contribution < -0.4 is 0 Å². The molecule has 2 nitrogen and oxygen atoms in total. The number of Topliss-reactive ketones (excluding diaryl/α,β-unsaturated/α-hetero) is 1. The lowest BCUT2D eigenvalue weighted by atomic mass is 9.93. The van der Waals surface area contributed by atoms with Crippen molar-refractivity contribution in [3.63, 3.8) is 0 Å². The Labute approximate surface area is 99.4 Å². The third kappa shape index (κ3) is 3.07. The number of carbonyl (C=O) groups excluding carboxylic acids is 1. The molecule has 92 valence electrons. The van der Waals surface area contributed by atoms with Crippen molar-refractivity contribution in [3.05, 3.63) is 0 Å². The van der Waals surface area contributed by atoms with E-state index in [1.807, 2.05) is 0 Å². The minimum absolute atomic E-state index is 0.484. The summed E-state index contributed by atoms with van der Waals surface area (Å²) in [6.45, 7) is 4.87. The van der Waals surface area contributed by atoms with Gasteiger partial charge in [0.25, 0.3) is 0 Å². The molecule has 1 saturated heterocycles. The second kappa shape index (κ2) is 5.81. The van der Waals surface area contributed by atoms with Crippen LogP contribution >= 0.6 is 0 Å². The SMILES string of the molecule is CCCCC1CCN(C2CCC(=O)CC2)C1. The molecule has 2 heteroatoms. The summed E-state index contributed by atoms with van der Waals surface area (Å²) in [5.41, 5.74) is 0. The molecule has 2 fully saturated rings. The van der Waals surface area contributed by atoms with Gasteiger partial charge in [0.1, 0.15) is 5.78 Å². The molecule has 0 aromatic heterocycles. The topological polar surface area (TPSA) is 20.3 Å². The first-order valence-electron chi connectivity index (χ1n) is 7.05. The smallest absolute Gasteiger partial charge is 0.133 e. The molecule has 0 aromatic rings. The lowest BCUT2D eigenvalue weighted by Crippen LogP contribution is -2.36. The van der Waals surface area contributed by atoms with Gasteiger partial charge in [-0.2, -0.15) is 0 Å². The summed E-state index contributed by atoms with van der Waals surface area (Å²) in [4.78, 5) is 13.9. The summed E-state index contributed by atoms with van der Waals surface area (Å²) in [6.07, 6.45) is 9.44. The van der Waals surface area contributed by atoms with E-state index < -0.39 is 0 Å².